The Morgan fingerprint density at radius 3 is 0.597 bits per heavy atom. The van der Waals surface area contributed by atoms with Gasteiger partial charge < -0.3 is 18.3 Å². The van der Waals surface area contributed by atoms with Gasteiger partial charge in [-0.3, -0.25) is 0 Å². The van der Waals surface area contributed by atoms with Gasteiger partial charge in [-0.15, -0.1) is 0 Å². The Labute approximate surface area is 452 Å². The molecule has 4 nitrogen and oxygen atoms in total. The van der Waals surface area contributed by atoms with Crippen LogP contribution < -0.4 is 18.3 Å². The highest BCUT2D eigenvalue weighted by molar-refractivity contribution is 6.97. The molecule has 12 aromatic carbocycles. The summed E-state index contributed by atoms with van der Waals surface area (Å²) in [5.41, 5.74) is 22.4. The summed E-state index contributed by atoms with van der Waals surface area (Å²) in [7, 11) is -4.32. The monoisotopic (exact) mass is 1000 g/mol. The van der Waals surface area contributed by atoms with Crippen LogP contribution in [0.15, 0.2) is 315 Å². The molecule has 364 valence electrons. The van der Waals surface area contributed by atoms with Gasteiger partial charge in [-0.2, -0.15) is 0 Å². The topological polar surface area (TPSA) is 13.0 Å². The number of fused-ring (bicyclic) bond motifs is 6. The summed E-state index contributed by atoms with van der Waals surface area (Å²) in [4.78, 5) is 0. The molecule has 0 saturated carbocycles. The highest BCUT2D eigenvalue weighted by Gasteiger charge is 2.65. The SMILES string of the molecule is c1ccc(-c2cccc(N3c4ccccc4-c4ccccc4N(c4cccc(-c5ccccc5)c4)[Si]34N(c3cccc(-c5ccccc5)c3)c3ccccc3-c3ccccc3N4c3cccc(-c4ccccc4)c3)c2)cc1. The summed E-state index contributed by atoms with van der Waals surface area (Å²) >= 11 is 0. The van der Waals surface area contributed by atoms with Crippen molar-refractivity contribution in [3.8, 4) is 66.8 Å². The number of hydrogen-bond acceptors (Lipinski definition) is 4. The second-order valence-corrected chi connectivity index (χ2v) is 22.7. The molecule has 77 heavy (non-hydrogen) atoms. The summed E-state index contributed by atoms with van der Waals surface area (Å²) in [5.74, 6) is 0. The van der Waals surface area contributed by atoms with Crippen LogP contribution in [0.25, 0.3) is 66.8 Å². The van der Waals surface area contributed by atoms with Gasteiger partial charge in [0.1, 0.15) is 0 Å². The zero-order valence-electron chi connectivity index (χ0n) is 42.3. The van der Waals surface area contributed by atoms with Crippen molar-refractivity contribution in [3.05, 3.63) is 315 Å². The zero-order valence-corrected chi connectivity index (χ0v) is 43.3. The van der Waals surface area contributed by atoms with E-state index in [1.807, 2.05) is 0 Å². The Balaban J connectivity index is 1.23. The Morgan fingerprint density at radius 2 is 0.364 bits per heavy atom. The van der Waals surface area contributed by atoms with Gasteiger partial charge in [-0.05, 0) is 117 Å². The maximum absolute atomic E-state index is 4.32. The average molecular weight is 1000 g/mol. The summed E-state index contributed by atoms with van der Waals surface area (Å²) in [6.45, 7) is 0. The van der Waals surface area contributed by atoms with Crippen molar-refractivity contribution in [3.63, 3.8) is 0 Å². The largest absolute Gasteiger partial charge is 0.521 e. The smallest absolute Gasteiger partial charge is 0.315 e. The predicted molar refractivity (Wildman–Crippen MR) is 326 cm³/mol. The highest BCUT2D eigenvalue weighted by atomic mass is 28.4. The van der Waals surface area contributed by atoms with E-state index in [2.05, 4.69) is 334 Å². The lowest BCUT2D eigenvalue weighted by molar-refractivity contribution is 1.10. The molecule has 1 spiro atoms. The van der Waals surface area contributed by atoms with Gasteiger partial charge in [0.25, 0.3) is 0 Å². The molecule has 0 fully saturated rings. The van der Waals surface area contributed by atoms with Crippen LogP contribution in [0.4, 0.5) is 45.5 Å². The molecule has 2 heterocycles. The van der Waals surface area contributed by atoms with Gasteiger partial charge in [0.05, 0.1) is 0 Å². The zero-order chi connectivity index (χ0) is 51.1. The number of rotatable bonds is 8. The minimum Gasteiger partial charge on any atom is -0.315 e. The molecule has 0 N–H and O–H groups in total. The van der Waals surface area contributed by atoms with Crippen molar-refractivity contribution in [2.45, 2.75) is 0 Å². The third-order valence-corrected chi connectivity index (χ3v) is 19.6. The van der Waals surface area contributed by atoms with Crippen LogP contribution in [-0.2, 0) is 0 Å². The molecule has 2 aliphatic heterocycles. The van der Waals surface area contributed by atoms with Crippen molar-refractivity contribution < 1.29 is 0 Å². The van der Waals surface area contributed by atoms with E-state index >= 15 is 0 Å². The standard InChI is InChI=1S/C72H52N4Si/c1-5-25-53(26-6-1)57-33-21-37-61(49-57)73-69-45-17-13-41-65(69)66-42-14-18-46-70(66)74(62-38-22-34-58(50-62)54-27-7-2-8-28-54)77(73)75(63-39-23-35-59(51-63)55-29-9-3-10-30-55)71-47-19-15-43-67(71)68-44-16-20-48-72(68)76(77)64-40-24-36-60(52-64)56-31-11-4-12-32-56/h1-52H. The van der Waals surface area contributed by atoms with E-state index in [9.17, 15) is 0 Å². The first-order valence-electron chi connectivity index (χ1n) is 26.4. The molecule has 12 aromatic rings. The molecule has 0 radical (unpaired) electrons. The molecular formula is C72H52N4Si. The van der Waals surface area contributed by atoms with Gasteiger partial charge in [0.2, 0.25) is 0 Å². The summed E-state index contributed by atoms with van der Waals surface area (Å²) in [6, 6.07) is 117. The Bertz CT molecular complexity index is 3550. The number of hydrogen-bond donors (Lipinski definition) is 0. The van der Waals surface area contributed by atoms with Crippen molar-refractivity contribution in [1.82, 2.24) is 0 Å². The van der Waals surface area contributed by atoms with Crippen molar-refractivity contribution in [2.75, 3.05) is 18.3 Å². The van der Waals surface area contributed by atoms with Crippen molar-refractivity contribution in [1.29, 1.82) is 0 Å². The van der Waals surface area contributed by atoms with Gasteiger partial charge in [-0.25, -0.2) is 0 Å². The lowest BCUT2D eigenvalue weighted by Crippen LogP contribution is -2.81. The molecule has 0 aromatic heterocycles. The second kappa shape index (κ2) is 19.4. The summed E-state index contributed by atoms with van der Waals surface area (Å²) in [5, 5.41) is 0. The van der Waals surface area contributed by atoms with E-state index in [-0.39, 0.29) is 0 Å². The third-order valence-electron chi connectivity index (χ3n) is 15.2. The van der Waals surface area contributed by atoms with Crippen LogP contribution >= 0.6 is 0 Å². The number of para-hydroxylation sites is 4. The maximum Gasteiger partial charge on any atom is 0.521 e. The maximum atomic E-state index is 2.78. The van der Waals surface area contributed by atoms with E-state index in [1.54, 1.807) is 0 Å². The molecular weight excluding hydrogens is 949 g/mol. The second-order valence-electron chi connectivity index (χ2n) is 19.7. The average Bonchev–Trinajstić information content (AvgIpc) is 3.94. The minimum atomic E-state index is -4.32. The fourth-order valence-electron chi connectivity index (χ4n) is 11.9. The van der Waals surface area contributed by atoms with Crippen LogP contribution in [0, 0.1) is 0 Å². The Kier molecular flexibility index (Phi) is 11.5. The molecule has 0 atom stereocenters. The van der Waals surface area contributed by atoms with Crippen LogP contribution in [0.1, 0.15) is 0 Å². The molecule has 0 saturated heterocycles. The van der Waals surface area contributed by atoms with E-state index < -0.39 is 8.72 Å². The number of benzene rings is 12. The molecule has 0 unspecified atom stereocenters. The van der Waals surface area contributed by atoms with Gasteiger partial charge in [-0.1, -0.05) is 243 Å². The fraction of sp³-hybridized carbons (Fsp3) is 0. The fourth-order valence-corrected chi connectivity index (χ4v) is 17.1. The van der Waals surface area contributed by atoms with Gasteiger partial charge >= 0.3 is 8.72 Å². The van der Waals surface area contributed by atoms with E-state index in [0.29, 0.717) is 0 Å². The van der Waals surface area contributed by atoms with Crippen LogP contribution in [0.5, 0.6) is 0 Å². The van der Waals surface area contributed by atoms with E-state index in [4.69, 9.17) is 0 Å². The molecule has 0 amide bonds. The van der Waals surface area contributed by atoms with Crippen molar-refractivity contribution >= 4 is 54.2 Å². The number of anilines is 8. The quantitative estimate of drug-likeness (QED) is 0.141. The summed E-state index contributed by atoms with van der Waals surface area (Å²) < 4.78 is 11.1. The highest BCUT2D eigenvalue weighted by Crippen LogP contribution is 2.60. The Morgan fingerprint density at radius 1 is 0.169 bits per heavy atom. The lowest BCUT2D eigenvalue weighted by Gasteiger charge is -2.58. The first kappa shape index (κ1) is 45.7. The minimum absolute atomic E-state index is 1.06. The molecule has 5 heteroatoms. The molecule has 2 aliphatic rings. The normalized spacial score (nSPS) is 13.2. The summed E-state index contributed by atoms with van der Waals surface area (Å²) in [6.07, 6.45) is 0. The number of nitrogens with zero attached hydrogens (tertiary/aromatic N) is 4. The van der Waals surface area contributed by atoms with Crippen LogP contribution in [-0.4, -0.2) is 8.72 Å². The first-order valence-corrected chi connectivity index (χ1v) is 28.2. The van der Waals surface area contributed by atoms with Crippen molar-refractivity contribution in [2.24, 2.45) is 0 Å². The predicted octanol–water partition coefficient (Wildman–Crippen LogP) is 19.4. The van der Waals surface area contributed by atoms with E-state index in [0.717, 1.165) is 112 Å². The van der Waals surface area contributed by atoms with E-state index in [1.165, 1.54) is 0 Å². The Hall–Kier alpha value is -9.94. The molecule has 0 bridgehead atoms. The van der Waals surface area contributed by atoms with Crippen LogP contribution in [0.3, 0.4) is 0 Å². The van der Waals surface area contributed by atoms with Gasteiger partial charge in [0.15, 0.2) is 0 Å². The van der Waals surface area contributed by atoms with Gasteiger partial charge in [0, 0.05) is 67.8 Å². The lowest BCUT2D eigenvalue weighted by atomic mass is 10.0. The third kappa shape index (κ3) is 7.83. The molecule has 14 rings (SSSR count). The van der Waals surface area contributed by atoms with Crippen LogP contribution in [0.2, 0.25) is 0 Å². The first-order chi connectivity index (χ1) is 38.2. The molecule has 0 aliphatic carbocycles.